The van der Waals surface area contributed by atoms with Crippen molar-refractivity contribution in [3.8, 4) is 0 Å². The number of nitrogens with zero attached hydrogens (tertiary/aromatic N) is 1. The fourth-order valence-corrected chi connectivity index (χ4v) is 2.77. The summed E-state index contributed by atoms with van der Waals surface area (Å²) in [5.41, 5.74) is 11.0. The predicted molar refractivity (Wildman–Crippen MR) is 104 cm³/mol. The number of hydrogen-bond acceptors (Lipinski definition) is 5. The van der Waals surface area contributed by atoms with Crippen molar-refractivity contribution in [1.29, 1.82) is 0 Å². The number of ether oxygens (including phenoxy) is 1. The van der Waals surface area contributed by atoms with E-state index < -0.39 is 30.2 Å². The summed E-state index contributed by atoms with van der Waals surface area (Å²) in [4.78, 5) is 37.0. The van der Waals surface area contributed by atoms with Crippen LogP contribution in [-0.2, 0) is 14.3 Å². The van der Waals surface area contributed by atoms with Gasteiger partial charge >= 0.3 is 5.97 Å². The SMILES string of the molecule is NC(=O)CCN(C(=O)COC(=O)c1cc(Cl)cc(Cl)c1N)c1ccc(F)cc1. The zero-order valence-corrected chi connectivity index (χ0v) is 16.0. The zero-order chi connectivity index (χ0) is 20.8. The van der Waals surface area contributed by atoms with Gasteiger partial charge in [0.05, 0.1) is 16.3 Å². The van der Waals surface area contributed by atoms with Crippen LogP contribution < -0.4 is 16.4 Å². The average molecular weight is 428 g/mol. The molecular weight excluding hydrogens is 412 g/mol. The minimum atomic E-state index is -0.899. The highest BCUT2D eigenvalue weighted by Crippen LogP contribution is 2.28. The van der Waals surface area contributed by atoms with E-state index in [-0.39, 0.29) is 34.3 Å². The first kappa shape index (κ1) is 21.5. The summed E-state index contributed by atoms with van der Waals surface area (Å²) >= 11 is 11.7. The lowest BCUT2D eigenvalue weighted by Gasteiger charge is -2.22. The highest BCUT2D eigenvalue weighted by molar-refractivity contribution is 6.37. The summed E-state index contributed by atoms with van der Waals surface area (Å²) in [5.74, 6) is -2.67. The number of amides is 2. The Labute approximate surface area is 169 Å². The van der Waals surface area contributed by atoms with Crippen molar-refractivity contribution in [2.75, 3.05) is 23.8 Å². The van der Waals surface area contributed by atoms with Gasteiger partial charge in [-0.25, -0.2) is 9.18 Å². The first-order valence-electron chi connectivity index (χ1n) is 7.95. The van der Waals surface area contributed by atoms with Gasteiger partial charge in [-0.1, -0.05) is 23.2 Å². The number of anilines is 2. The number of carbonyl (C=O) groups excluding carboxylic acids is 3. The topological polar surface area (TPSA) is 116 Å². The number of benzene rings is 2. The Morgan fingerprint density at radius 2 is 1.75 bits per heavy atom. The minimum absolute atomic E-state index is 0.0346. The molecule has 2 aromatic carbocycles. The van der Waals surface area contributed by atoms with Gasteiger partial charge in [0.1, 0.15) is 5.82 Å². The number of halogens is 3. The molecular formula is C18H16Cl2FN3O4. The van der Waals surface area contributed by atoms with Gasteiger partial charge in [0.25, 0.3) is 5.91 Å². The molecule has 2 aromatic rings. The number of esters is 1. The van der Waals surface area contributed by atoms with Crippen molar-refractivity contribution in [2.45, 2.75) is 6.42 Å². The van der Waals surface area contributed by atoms with Crippen molar-refractivity contribution < 1.29 is 23.5 Å². The molecule has 0 saturated carbocycles. The molecule has 0 bridgehead atoms. The molecule has 0 radical (unpaired) electrons. The molecule has 0 spiro atoms. The molecule has 0 aromatic heterocycles. The number of nitrogen functional groups attached to an aromatic ring is 1. The van der Waals surface area contributed by atoms with Crippen molar-refractivity contribution in [3.63, 3.8) is 0 Å². The average Bonchev–Trinajstić information content (AvgIpc) is 2.64. The largest absolute Gasteiger partial charge is 0.452 e. The number of nitrogens with two attached hydrogens (primary N) is 2. The van der Waals surface area contributed by atoms with Crippen LogP contribution in [-0.4, -0.2) is 30.9 Å². The molecule has 28 heavy (non-hydrogen) atoms. The summed E-state index contributed by atoms with van der Waals surface area (Å²) in [7, 11) is 0. The standard InChI is InChI=1S/C18H16Cl2FN3O4/c19-10-7-13(17(23)14(20)8-10)18(27)28-9-16(26)24(6-5-15(22)25)12-3-1-11(21)2-4-12/h1-4,7-8H,5-6,9,23H2,(H2,22,25). The second kappa shape index (κ2) is 9.38. The highest BCUT2D eigenvalue weighted by Gasteiger charge is 2.21. The maximum Gasteiger partial charge on any atom is 0.340 e. The van der Waals surface area contributed by atoms with Crippen LogP contribution in [0.4, 0.5) is 15.8 Å². The quantitative estimate of drug-likeness (QED) is 0.520. The molecule has 0 unspecified atom stereocenters. The third kappa shape index (κ3) is 5.58. The zero-order valence-electron chi connectivity index (χ0n) is 14.5. The van der Waals surface area contributed by atoms with Crippen molar-refractivity contribution >= 4 is 52.4 Å². The normalized spacial score (nSPS) is 10.4. The lowest BCUT2D eigenvalue weighted by atomic mass is 10.2. The molecule has 7 nitrogen and oxygen atoms in total. The van der Waals surface area contributed by atoms with Crippen molar-refractivity contribution in [2.24, 2.45) is 5.73 Å². The molecule has 2 amide bonds. The minimum Gasteiger partial charge on any atom is -0.452 e. The first-order chi connectivity index (χ1) is 13.2. The predicted octanol–water partition coefficient (Wildman–Crippen LogP) is 2.78. The van der Waals surface area contributed by atoms with Gasteiger partial charge in [0.15, 0.2) is 6.61 Å². The number of rotatable bonds is 7. The van der Waals surface area contributed by atoms with Crippen LogP contribution in [0.5, 0.6) is 0 Å². The Balaban J connectivity index is 2.13. The first-order valence-corrected chi connectivity index (χ1v) is 8.70. The van der Waals surface area contributed by atoms with E-state index in [0.29, 0.717) is 5.69 Å². The number of carbonyl (C=O) groups is 3. The van der Waals surface area contributed by atoms with Gasteiger partial charge in [0.2, 0.25) is 5.91 Å². The van der Waals surface area contributed by atoms with Crippen molar-refractivity contribution in [3.05, 3.63) is 57.8 Å². The Morgan fingerprint density at radius 3 is 2.36 bits per heavy atom. The second-order valence-electron chi connectivity index (χ2n) is 5.66. The maximum atomic E-state index is 13.1. The van der Waals surface area contributed by atoms with E-state index in [9.17, 15) is 18.8 Å². The van der Waals surface area contributed by atoms with E-state index in [1.165, 1.54) is 24.3 Å². The Morgan fingerprint density at radius 1 is 1.11 bits per heavy atom. The molecule has 148 valence electrons. The molecule has 0 saturated heterocycles. The number of primary amides is 1. The summed E-state index contributed by atoms with van der Waals surface area (Å²) in [5, 5.41) is 0.243. The van der Waals surface area contributed by atoms with E-state index in [4.69, 9.17) is 39.4 Å². The van der Waals surface area contributed by atoms with Crippen LogP contribution in [0.15, 0.2) is 36.4 Å². The van der Waals surface area contributed by atoms with E-state index >= 15 is 0 Å². The van der Waals surface area contributed by atoms with Crippen molar-refractivity contribution in [1.82, 2.24) is 0 Å². The summed E-state index contributed by atoms with van der Waals surface area (Å²) < 4.78 is 18.1. The van der Waals surface area contributed by atoms with Gasteiger partial charge in [-0.3, -0.25) is 9.59 Å². The van der Waals surface area contributed by atoms with E-state index in [1.54, 1.807) is 0 Å². The van der Waals surface area contributed by atoms with Gasteiger partial charge < -0.3 is 21.1 Å². The summed E-state index contributed by atoms with van der Waals surface area (Å²) in [6, 6.07) is 7.64. The van der Waals surface area contributed by atoms with E-state index in [0.717, 1.165) is 17.0 Å². The molecule has 0 atom stereocenters. The Bertz CT molecular complexity index is 906. The van der Waals surface area contributed by atoms with Crippen LogP contribution in [0.1, 0.15) is 16.8 Å². The van der Waals surface area contributed by atoms with E-state index in [1.807, 2.05) is 0 Å². The lowest BCUT2D eigenvalue weighted by molar-refractivity contribution is -0.121. The monoisotopic (exact) mass is 427 g/mol. The molecule has 0 aliphatic heterocycles. The maximum absolute atomic E-state index is 13.1. The molecule has 0 aliphatic rings. The summed E-state index contributed by atoms with van der Waals surface area (Å²) in [6.45, 7) is -0.721. The lowest BCUT2D eigenvalue weighted by Crippen LogP contribution is -2.37. The van der Waals surface area contributed by atoms with Gasteiger partial charge in [-0.2, -0.15) is 0 Å². The molecule has 10 heteroatoms. The summed E-state index contributed by atoms with van der Waals surface area (Å²) in [6.07, 6.45) is -0.131. The van der Waals surface area contributed by atoms with Crippen LogP contribution in [0, 0.1) is 5.82 Å². The van der Waals surface area contributed by atoms with Crippen LogP contribution in [0.3, 0.4) is 0 Å². The van der Waals surface area contributed by atoms with Gasteiger partial charge in [-0.15, -0.1) is 0 Å². The Hall–Kier alpha value is -2.84. The highest BCUT2D eigenvalue weighted by atomic mass is 35.5. The third-order valence-electron chi connectivity index (χ3n) is 3.66. The fourth-order valence-electron chi connectivity index (χ4n) is 2.28. The molecule has 4 N–H and O–H groups in total. The van der Waals surface area contributed by atoms with Crippen LogP contribution >= 0.6 is 23.2 Å². The molecule has 0 fully saturated rings. The van der Waals surface area contributed by atoms with Crippen LogP contribution in [0.2, 0.25) is 10.0 Å². The molecule has 0 aliphatic carbocycles. The number of hydrogen-bond donors (Lipinski definition) is 2. The molecule has 0 heterocycles. The van der Waals surface area contributed by atoms with Crippen LogP contribution in [0.25, 0.3) is 0 Å². The van der Waals surface area contributed by atoms with Gasteiger partial charge in [0, 0.05) is 23.7 Å². The van der Waals surface area contributed by atoms with E-state index in [2.05, 4.69) is 0 Å². The van der Waals surface area contributed by atoms with Gasteiger partial charge in [-0.05, 0) is 36.4 Å². The smallest absolute Gasteiger partial charge is 0.340 e. The second-order valence-corrected chi connectivity index (χ2v) is 6.51. The third-order valence-corrected chi connectivity index (χ3v) is 4.19. The molecule has 2 rings (SSSR count). The fraction of sp³-hybridized carbons (Fsp3) is 0.167. The Kier molecular flexibility index (Phi) is 7.19.